The second-order valence-corrected chi connectivity index (χ2v) is 7.93. The molecule has 1 saturated carbocycles. The molecule has 0 spiro atoms. The van der Waals surface area contributed by atoms with E-state index in [0.717, 1.165) is 55.4 Å². The van der Waals surface area contributed by atoms with Crippen LogP contribution in [0.1, 0.15) is 36.2 Å². The fourth-order valence-electron chi connectivity index (χ4n) is 3.65. The third-order valence-electron chi connectivity index (χ3n) is 5.43. The fraction of sp³-hybridized carbons (Fsp3) is 0.364. The second kappa shape index (κ2) is 8.23. The quantitative estimate of drug-likeness (QED) is 0.502. The summed E-state index contributed by atoms with van der Waals surface area (Å²) in [5.41, 5.74) is 2.16. The van der Waals surface area contributed by atoms with Crippen molar-refractivity contribution in [2.24, 2.45) is 0 Å². The lowest BCUT2D eigenvalue weighted by Crippen LogP contribution is -2.43. The largest absolute Gasteiger partial charge is 0.382 e. The number of amides is 1. The van der Waals surface area contributed by atoms with Crippen LogP contribution in [0, 0.1) is 0 Å². The van der Waals surface area contributed by atoms with E-state index in [4.69, 9.17) is 0 Å². The van der Waals surface area contributed by atoms with Gasteiger partial charge in [-0.25, -0.2) is 9.97 Å². The number of carbonyl (C=O) groups is 1. The molecule has 0 bridgehead atoms. The number of hydrogen-bond acceptors (Lipinski definition) is 7. The molecule has 3 aromatic heterocycles. The van der Waals surface area contributed by atoms with Gasteiger partial charge in [-0.3, -0.25) is 9.78 Å². The third-order valence-corrected chi connectivity index (χ3v) is 5.43. The van der Waals surface area contributed by atoms with Crippen LogP contribution in [0.4, 0.5) is 17.3 Å². The molecule has 4 N–H and O–H groups in total. The van der Waals surface area contributed by atoms with E-state index in [2.05, 4.69) is 36.2 Å². The molecule has 1 aliphatic heterocycles. The van der Waals surface area contributed by atoms with Gasteiger partial charge >= 0.3 is 0 Å². The summed E-state index contributed by atoms with van der Waals surface area (Å²) < 4.78 is 0. The zero-order chi connectivity index (χ0) is 20.3. The molecule has 0 aromatic carbocycles. The van der Waals surface area contributed by atoms with E-state index in [0.29, 0.717) is 23.4 Å². The summed E-state index contributed by atoms with van der Waals surface area (Å²) in [7, 11) is 0. The number of carbonyl (C=O) groups excluding carboxylic acids is 1. The Morgan fingerprint density at radius 2 is 1.83 bits per heavy atom. The van der Waals surface area contributed by atoms with Gasteiger partial charge in [-0.2, -0.15) is 0 Å². The van der Waals surface area contributed by atoms with Gasteiger partial charge in [-0.05, 0) is 63.0 Å². The fourth-order valence-corrected chi connectivity index (χ4v) is 3.65. The van der Waals surface area contributed by atoms with E-state index in [1.165, 1.54) is 0 Å². The average Bonchev–Trinajstić information content (AvgIpc) is 3.58. The van der Waals surface area contributed by atoms with E-state index >= 15 is 0 Å². The lowest BCUT2D eigenvalue weighted by Gasteiger charge is -2.23. The van der Waals surface area contributed by atoms with Crippen LogP contribution < -0.4 is 21.3 Å². The van der Waals surface area contributed by atoms with Crippen molar-refractivity contribution < 1.29 is 4.79 Å². The Morgan fingerprint density at radius 3 is 2.67 bits per heavy atom. The molecule has 154 valence electrons. The molecule has 2 aliphatic rings. The number of fused-ring (bicyclic) bond motifs is 1. The number of anilines is 3. The van der Waals surface area contributed by atoms with Crippen LogP contribution in [0.2, 0.25) is 0 Å². The molecular formula is C22H25N7O. The second-order valence-electron chi connectivity index (χ2n) is 7.93. The lowest BCUT2D eigenvalue weighted by atomic mass is 10.1. The van der Waals surface area contributed by atoms with Crippen molar-refractivity contribution in [3.63, 3.8) is 0 Å². The highest BCUT2D eigenvalue weighted by molar-refractivity contribution is 5.94. The minimum absolute atomic E-state index is 0.137. The summed E-state index contributed by atoms with van der Waals surface area (Å²) in [5, 5.41) is 14.1. The first-order chi connectivity index (χ1) is 14.7. The summed E-state index contributed by atoms with van der Waals surface area (Å²) in [6.07, 6.45) is 7.69. The summed E-state index contributed by atoms with van der Waals surface area (Å²) >= 11 is 0. The molecule has 0 unspecified atom stereocenters. The van der Waals surface area contributed by atoms with Gasteiger partial charge in [0.2, 0.25) is 0 Å². The maximum Gasteiger partial charge on any atom is 0.270 e. The molecule has 0 atom stereocenters. The Morgan fingerprint density at radius 1 is 0.967 bits per heavy atom. The highest BCUT2D eigenvalue weighted by Crippen LogP contribution is 2.27. The Balaban J connectivity index is 1.39. The Kier molecular flexibility index (Phi) is 5.15. The van der Waals surface area contributed by atoms with E-state index in [9.17, 15) is 4.79 Å². The van der Waals surface area contributed by atoms with Crippen LogP contribution in [0.3, 0.4) is 0 Å². The Bertz CT molecular complexity index is 1060. The molecule has 1 amide bonds. The van der Waals surface area contributed by atoms with Gasteiger partial charge in [0, 0.05) is 41.6 Å². The summed E-state index contributed by atoms with van der Waals surface area (Å²) in [6.45, 7) is 1.86. The Hall–Kier alpha value is -3.26. The van der Waals surface area contributed by atoms with Crippen molar-refractivity contribution >= 4 is 34.1 Å². The zero-order valence-electron chi connectivity index (χ0n) is 16.7. The highest BCUT2D eigenvalue weighted by atomic mass is 16.1. The predicted molar refractivity (Wildman–Crippen MR) is 117 cm³/mol. The van der Waals surface area contributed by atoms with E-state index in [1.54, 1.807) is 12.4 Å². The third kappa shape index (κ3) is 4.49. The molecular weight excluding hydrogens is 378 g/mol. The number of hydrogen-bond donors (Lipinski definition) is 4. The van der Waals surface area contributed by atoms with Gasteiger partial charge in [0.1, 0.15) is 17.3 Å². The topological polar surface area (TPSA) is 104 Å². The Labute approximate surface area is 174 Å². The summed E-state index contributed by atoms with van der Waals surface area (Å²) in [6, 6.07) is 10.2. The summed E-state index contributed by atoms with van der Waals surface area (Å²) in [4.78, 5) is 26.2. The number of pyridine rings is 3. The molecule has 4 heterocycles. The number of aromatic nitrogens is 3. The van der Waals surface area contributed by atoms with E-state index in [-0.39, 0.29) is 11.9 Å². The summed E-state index contributed by atoms with van der Waals surface area (Å²) in [5.74, 6) is 1.13. The molecule has 1 aliphatic carbocycles. The van der Waals surface area contributed by atoms with Gasteiger partial charge in [0.05, 0.1) is 5.52 Å². The number of nitrogens with one attached hydrogen (secondary N) is 4. The van der Waals surface area contributed by atoms with Gasteiger partial charge in [-0.15, -0.1) is 0 Å². The zero-order valence-corrected chi connectivity index (χ0v) is 16.7. The predicted octanol–water partition coefficient (Wildman–Crippen LogP) is 2.82. The maximum atomic E-state index is 12.9. The lowest BCUT2D eigenvalue weighted by molar-refractivity contribution is 0.0924. The van der Waals surface area contributed by atoms with Crippen LogP contribution >= 0.6 is 0 Å². The first-order valence-electron chi connectivity index (χ1n) is 10.5. The van der Waals surface area contributed by atoms with Crippen molar-refractivity contribution in [2.45, 2.75) is 37.8 Å². The smallest absolute Gasteiger partial charge is 0.270 e. The standard InChI is InChI=1S/C22H25N7O/c30-22(26-16-5-8-23-9-6-16)19-11-17(25-15-2-3-15)12-21(28-19)29-20-4-1-14-13-24-10-7-18(14)27-20/h1,4,7,10-13,15-16,23H,2-3,5-6,8-9H2,(H,26,30)(H2,25,27,28,29). The van der Waals surface area contributed by atoms with Crippen LogP contribution in [0.5, 0.6) is 0 Å². The van der Waals surface area contributed by atoms with Crippen LogP contribution in [0.25, 0.3) is 10.9 Å². The van der Waals surface area contributed by atoms with Crippen LogP contribution in [-0.4, -0.2) is 46.0 Å². The highest BCUT2D eigenvalue weighted by Gasteiger charge is 2.23. The van der Waals surface area contributed by atoms with E-state index in [1.807, 2.05) is 30.3 Å². The molecule has 8 nitrogen and oxygen atoms in total. The van der Waals surface area contributed by atoms with Crippen LogP contribution in [-0.2, 0) is 0 Å². The van der Waals surface area contributed by atoms with Gasteiger partial charge in [0.25, 0.3) is 5.91 Å². The molecule has 30 heavy (non-hydrogen) atoms. The minimum Gasteiger partial charge on any atom is -0.382 e. The molecule has 8 heteroatoms. The van der Waals surface area contributed by atoms with Gasteiger partial charge in [0.15, 0.2) is 0 Å². The molecule has 0 radical (unpaired) electrons. The SMILES string of the molecule is O=C(NC1CCNCC1)c1cc(NC2CC2)cc(Nc2ccc3cnccc3n2)n1. The minimum atomic E-state index is -0.137. The monoisotopic (exact) mass is 403 g/mol. The van der Waals surface area contributed by atoms with Crippen molar-refractivity contribution in [1.29, 1.82) is 0 Å². The molecule has 3 aromatic rings. The van der Waals surface area contributed by atoms with Crippen molar-refractivity contribution in [2.75, 3.05) is 23.7 Å². The number of piperidine rings is 1. The first kappa shape index (κ1) is 18.7. The molecule has 2 fully saturated rings. The maximum absolute atomic E-state index is 12.9. The van der Waals surface area contributed by atoms with Crippen molar-refractivity contribution in [3.8, 4) is 0 Å². The molecule has 1 saturated heterocycles. The van der Waals surface area contributed by atoms with Gasteiger partial charge < -0.3 is 21.3 Å². The first-order valence-corrected chi connectivity index (χ1v) is 10.5. The van der Waals surface area contributed by atoms with Crippen LogP contribution in [0.15, 0.2) is 42.7 Å². The number of nitrogens with zero attached hydrogens (tertiary/aromatic N) is 3. The molecule has 5 rings (SSSR count). The number of rotatable bonds is 6. The van der Waals surface area contributed by atoms with Crippen molar-refractivity contribution in [3.05, 3.63) is 48.4 Å². The van der Waals surface area contributed by atoms with Gasteiger partial charge in [-0.1, -0.05) is 0 Å². The van der Waals surface area contributed by atoms with Crippen molar-refractivity contribution in [1.82, 2.24) is 25.6 Å². The normalized spacial score (nSPS) is 16.9. The average molecular weight is 403 g/mol. The van der Waals surface area contributed by atoms with E-state index < -0.39 is 0 Å².